The summed E-state index contributed by atoms with van der Waals surface area (Å²) in [4.78, 5) is 24.2. The third-order valence-corrected chi connectivity index (χ3v) is 6.00. The summed E-state index contributed by atoms with van der Waals surface area (Å²) in [6, 6.07) is 7.75. The Labute approximate surface area is 176 Å². The average molecular weight is 487 g/mol. The van der Waals surface area contributed by atoms with E-state index in [2.05, 4.69) is 26.0 Å². The van der Waals surface area contributed by atoms with Crippen LogP contribution in [0.3, 0.4) is 0 Å². The first-order valence-corrected chi connectivity index (χ1v) is 10.8. The van der Waals surface area contributed by atoms with Crippen LogP contribution in [-0.4, -0.2) is 32.9 Å². The minimum Gasteiger partial charge on any atom is -0.452 e. The molecule has 0 heterocycles. The number of anilines is 1. The zero-order chi connectivity index (χ0) is 21.8. The van der Waals surface area contributed by atoms with E-state index in [-0.39, 0.29) is 22.2 Å². The first kappa shape index (κ1) is 23.0. The zero-order valence-corrected chi connectivity index (χ0v) is 18.4. The van der Waals surface area contributed by atoms with E-state index in [0.29, 0.717) is 10.0 Å². The second kappa shape index (κ2) is 9.47. The minimum atomic E-state index is -3.81. The van der Waals surface area contributed by atoms with Crippen molar-refractivity contribution in [1.82, 2.24) is 4.72 Å². The van der Waals surface area contributed by atoms with Crippen molar-refractivity contribution in [2.24, 2.45) is 0 Å². The summed E-state index contributed by atoms with van der Waals surface area (Å²) in [5.74, 6) is -2.02. The van der Waals surface area contributed by atoms with Crippen LogP contribution >= 0.6 is 15.9 Å². The predicted molar refractivity (Wildman–Crippen MR) is 110 cm³/mol. The van der Waals surface area contributed by atoms with E-state index in [9.17, 15) is 22.4 Å². The number of ether oxygens (including phenoxy) is 1. The first-order chi connectivity index (χ1) is 13.5. The van der Waals surface area contributed by atoms with E-state index in [1.54, 1.807) is 20.8 Å². The van der Waals surface area contributed by atoms with Gasteiger partial charge in [-0.2, -0.15) is 0 Å². The molecule has 0 radical (unpaired) electrons. The van der Waals surface area contributed by atoms with Crippen molar-refractivity contribution in [3.8, 4) is 0 Å². The maximum absolute atomic E-state index is 13.5. The highest BCUT2D eigenvalue weighted by Gasteiger charge is 2.20. The molecule has 1 amide bonds. The van der Waals surface area contributed by atoms with Gasteiger partial charge in [-0.05, 0) is 72.6 Å². The summed E-state index contributed by atoms with van der Waals surface area (Å²) in [7, 11) is -3.81. The monoisotopic (exact) mass is 486 g/mol. The fourth-order valence-corrected chi connectivity index (χ4v) is 3.97. The molecule has 0 aromatic heterocycles. The lowest BCUT2D eigenvalue weighted by Gasteiger charge is -2.12. The number of benzene rings is 2. The average Bonchev–Trinajstić information content (AvgIpc) is 2.62. The van der Waals surface area contributed by atoms with E-state index in [4.69, 9.17) is 4.74 Å². The van der Waals surface area contributed by atoms with Crippen molar-refractivity contribution in [3.63, 3.8) is 0 Å². The summed E-state index contributed by atoms with van der Waals surface area (Å²) in [6.07, 6.45) is 0. The van der Waals surface area contributed by atoms with Gasteiger partial charge in [0.05, 0.1) is 10.5 Å². The molecule has 2 aromatic rings. The molecule has 0 saturated heterocycles. The molecule has 7 nitrogen and oxygen atoms in total. The van der Waals surface area contributed by atoms with Gasteiger partial charge in [-0.25, -0.2) is 22.3 Å². The van der Waals surface area contributed by atoms with Crippen LogP contribution in [0.5, 0.6) is 0 Å². The number of carbonyl (C=O) groups excluding carboxylic acids is 2. The number of rotatable bonds is 7. The molecule has 0 spiro atoms. The van der Waals surface area contributed by atoms with Crippen molar-refractivity contribution in [3.05, 3.63) is 57.8 Å². The second-order valence-electron chi connectivity index (χ2n) is 6.51. The van der Waals surface area contributed by atoms with Crippen LogP contribution in [0, 0.1) is 12.7 Å². The van der Waals surface area contributed by atoms with E-state index in [1.165, 1.54) is 24.3 Å². The van der Waals surface area contributed by atoms with Crippen LogP contribution < -0.4 is 10.0 Å². The summed E-state index contributed by atoms with van der Waals surface area (Å²) >= 11 is 3.17. The van der Waals surface area contributed by atoms with Crippen molar-refractivity contribution >= 4 is 43.5 Å². The maximum atomic E-state index is 13.5. The molecule has 0 fully saturated rings. The van der Waals surface area contributed by atoms with Crippen LogP contribution in [0.25, 0.3) is 0 Å². The molecule has 10 heteroatoms. The minimum absolute atomic E-state index is 0.0502. The van der Waals surface area contributed by atoms with E-state index in [0.717, 1.165) is 12.1 Å². The van der Waals surface area contributed by atoms with Crippen LogP contribution in [0.1, 0.15) is 29.8 Å². The van der Waals surface area contributed by atoms with E-state index in [1.807, 2.05) is 0 Å². The predicted octanol–water partition coefficient (Wildman–Crippen LogP) is 3.38. The molecule has 0 bridgehead atoms. The number of halogens is 2. The standard InChI is InChI=1S/C19H20BrFN2O5S/c1-11(2)23-29(26,27)14-6-7-16(20)15(9-14)19(25)28-10-18(24)22-13-5-4-12(3)17(21)8-13/h4-9,11,23H,10H2,1-3H3,(H,22,24). The van der Waals surface area contributed by atoms with Crippen LogP contribution in [0.15, 0.2) is 45.8 Å². The topological polar surface area (TPSA) is 102 Å². The lowest BCUT2D eigenvalue weighted by atomic mass is 10.2. The van der Waals surface area contributed by atoms with Gasteiger partial charge in [0.15, 0.2) is 6.61 Å². The normalized spacial score (nSPS) is 11.4. The number of hydrogen-bond acceptors (Lipinski definition) is 5. The summed E-state index contributed by atoms with van der Waals surface area (Å²) in [5, 5.41) is 2.41. The number of nitrogens with one attached hydrogen (secondary N) is 2. The van der Waals surface area contributed by atoms with Crippen LogP contribution in [0.4, 0.5) is 10.1 Å². The number of carbonyl (C=O) groups is 2. The molecule has 0 aliphatic rings. The smallest absolute Gasteiger partial charge is 0.339 e. The van der Waals surface area contributed by atoms with Crippen molar-refractivity contribution in [2.75, 3.05) is 11.9 Å². The molecule has 0 saturated carbocycles. The van der Waals surface area contributed by atoms with Gasteiger partial charge in [0.1, 0.15) is 5.82 Å². The lowest BCUT2D eigenvalue weighted by Crippen LogP contribution is -2.30. The van der Waals surface area contributed by atoms with Crippen LogP contribution in [-0.2, 0) is 19.6 Å². The van der Waals surface area contributed by atoms with Gasteiger partial charge in [-0.15, -0.1) is 0 Å². The fourth-order valence-electron chi connectivity index (χ4n) is 2.28. The quantitative estimate of drug-likeness (QED) is 0.584. The Morgan fingerprint density at radius 2 is 1.86 bits per heavy atom. The molecular formula is C19H20BrFN2O5S. The molecule has 0 aliphatic carbocycles. The van der Waals surface area contributed by atoms with Gasteiger partial charge in [-0.1, -0.05) is 6.07 Å². The number of aryl methyl sites for hydroxylation is 1. The van der Waals surface area contributed by atoms with Gasteiger partial charge in [0.25, 0.3) is 5.91 Å². The van der Waals surface area contributed by atoms with E-state index < -0.39 is 34.3 Å². The largest absolute Gasteiger partial charge is 0.452 e. The molecule has 156 valence electrons. The molecule has 0 aliphatic heterocycles. The first-order valence-electron chi connectivity index (χ1n) is 8.54. The number of sulfonamides is 1. The molecule has 2 N–H and O–H groups in total. The fraction of sp³-hybridized carbons (Fsp3) is 0.263. The van der Waals surface area contributed by atoms with Gasteiger partial charge < -0.3 is 10.1 Å². The number of amides is 1. The van der Waals surface area contributed by atoms with Crippen molar-refractivity contribution in [2.45, 2.75) is 31.7 Å². The van der Waals surface area contributed by atoms with Gasteiger partial charge in [-0.3, -0.25) is 4.79 Å². The van der Waals surface area contributed by atoms with E-state index >= 15 is 0 Å². The molecule has 0 unspecified atom stereocenters. The van der Waals surface area contributed by atoms with Gasteiger partial charge in [0.2, 0.25) is 10.0 Å². The molecule has 2 aromatic carbocycles. The Hall–Kier alpha value is -2.30. The second-order valence-corrected chi connectivity index (χ2v) is 9.07. The third-order valence-electron chi connectivity index (χ3n) is 3.65. The Bertz CT molecular complexity index is 1040. The molecule has 0 atom stereocenters. The van der Waals surface area contributed by atoms with Crippen LogP contribution in [0.2, 0.25) is 0 Å². The highest BCUT2D eigenvalue weighted by molar-refractivity contribution is 9.10. The highest BCUT2D eigenvalue weighted by Crippen LogP contribution is 2.22. The summed E-state index contributed by atoms with van der Waals surface area (Å²) < 4.78 is 45.8. The molecule has 29 heavy (non-hydrogen) atoms. The van der Waals surface area contributed by atoms with Gasteiger partial charge in [0, 0.05) is 16.2 Å². The summed E-state index contributed by atoms with van der Waals surface area (Å²) in [5.41, 5.74) is 0.607. The molecular weight excluding hydrogens is 467 g/mol. The maximum Gasteiger partial charge on any atom is 0.339 e. The molecule has 2 rings (SSSR count). The van der Waals surface area contributed by atoms with Crippen molar-refractivity contribution in [1.29, 1.82) is 0 Å². The highest BCUT2D eigenvalue weighted by atomic mass is 79.9. The SMILES string of the molecule is Cc1ccc(NC(=O)COC(=O)c2cc(S(=O)(=O)NC(C)C)ccc2Br)cc1F. The lowest BCUT2D eigenvalue weighted by molar-refractivity contribution is -0.119. The Morgan fingerprint density at radius 1 is 1.17 bits per heavy atom. The number of esters is 1. The Kier molecular flexibility index (Phi) is 7.50. The number of hydrogen-bond donors (Lipinski definition) is 2. The Morgan fingerprint density at radius 3 is 2.48 bits per heavy atom. The van der Waals surface area contributed by atoms with Crippen molar-refractivity contribution < 1.29 is 27.1 Å². The summed E-state index contributed by atoms with van der Waals surface area (Å²) in [6.45, 7) is 4.31. The third kappa shape index (κ3) is 6.34. The zero-order valence-electron chi connectivity index (χ0n) is 16.0. The van der Waals surface area contributed by atoms with Gasteiger partial charge >= 0.3 is 5.97 Å². The Balaban J connectivity index is 2.07.